The number of carbonyl (C=O) groups is 1. The van der Waals surface area contributed by atoms with Crippen LogP contribution in [0.3, 0.4) is 0 Å². The molecule has 5 nitrogen and oxygen atoms in total. The highest BCUT2D eigenvalue weighted by Gasteiger charge is 2.42. The summed E-state index contributed by atoms with van der Waals surface area (Å²) in [4.78, 5) is 11.9. The van der Waals surface area contributed by atoms with Gasteiger partial charge in [0.15, 0.2) is 0 Å². The molecule has 1 amide bonds. The molecule has 2 fully saturated rings. The summed E-state index contributed by atoms with van der Waals surface area (Å²) in [5.74, 6) is 0.0228. The van der Waals surface area contributed by atoms with E-state index in [-0.39, 0.29) is 23.5 Å². The van der Waals surface area contributed by atoms with Crippen LogP contribution in [-0.2, 0) is 14.3 Å². The summed E-state index contributed by atoms with van der Waals surface area (Å²) in [6.07, 6.45) is 4.85. The van der Waals surface area contributed by atoms with Gasteiger partial charge in [-0.1, -0.05) is 0 Å². The second kappa shape index (κ2) is 5.99. The van der Waals surface area contributed by atoms with Crippen molar-refractivity contribution >= 4 is 5.91 Å². The predicted octanol–water partition coefficient (Wildman–Crippen LogP) is 0.426. The van der Waals surface area contributed by atoms with E-state index in [0.717, 1.165) is 32.4 Å². The van der Waals surface area contributed by atoms with Crippen LogP contribution >= 0.6 is 0 Å². The quantitative estimate of drug-likeness (QED) is 0.692. The van der Waals surface area contributed by atoms with Crippen LogP contribution in [-0.4, -0.2) is 44.9 Å². The lowest BCUT2D eigenvalue weighted by Gasteiger charge is -2.18. The molecule has 3 N–H and O–H groups in total. The van der Waals surface area contributed by atoms with Crippen molar-refractivity contribution < 1.29 is 14.3 Å². The van der Waals surface area contributed by atoms with E-state index in [1.807, 2.05) is 0 Å². The van der Waals surface area contributed by atoms with E-state index in [1.165, 1.54) is 12.8 Å². The van der Waals surface area contributed by atoms with Gasteiger partial charge in [0.25, 0.3) is 0 Å². The monoisotopic (exact) mass is 256 g/mol. The molecular weight excluding hydrogens is 232 g/mol. The molecule has 0 bridgehead atoms. The Morgan fingerprint density at radius 2 is 2.28 bits per heavy atom. The molecule has 0 aromatic heterocycles. The Morgan fingerprint density at radius 1 is 1.50 bits per heavy atom. The highest BCUT2D eigenvalue weighted by molar-refractivity contribution is 5.81. The largest absolute Gasteiger partial charge is 0.385 e. The van der Waals surface area contributed by atoms with Gasteiger partial charge in [0.05, 0.1) is 6.10 Å². The number of rotatable bonds is 7. The highest BCUT2D eigenvalue weighted by atomic mass is 16.5. The van der Waals surface area contributed by atoms with Gasteiger partial charge in [-0.2, -0.15) is 0 Å². The third-order valence-electron chi connectivity index (χ3n) is 4.09. The molecule has 0 radical (unpaired) electrons. The molecule has 0 aromatic carbocycles. The Labute approximate surface area is 108 Å². The minimum atomic E-state index is -0.295. The zero-order valence-corrected chi connectivity index (χ0v) is 11.1. The minimum Gasteiger partial charge on any atom is -0.385 e. The zero-order valence-electron chi connectivity index (χ0n) is 11.1. The first kappa shape index (κ1) is 13.8. The zero-order chi connectivity index (χ0) is 13.0. The summed E-state index contributed by atoms with van der Waals surface area (Å²) >= 11 is 0. The van der Waals surface area contributed by atoms with Crippen molar-refractivity contribution in [2.24, 2.45) is 11.1 Å². The average Bonchev–Trinajstić information content (AvgIpc) is 2.99. The van der Waals surface area contributed by atoms with Crippen molar-refractivity contribution in [2.45, 2.75) is 44.3 Å². The van der Waals surface area contributed by atoms with Gasteiger partial charge in [-0.3, -0.25) is 4.79 Å². The van der Waals surface area contributed by atoms with Gasteiger partial charge in [0, 0.05) is 26.8 Å². The van der Waals surface area contributed by atoms with E-state index in [1.54, 1.807) is 7.11 Å². The maximum absolute atomic E-state index is 11.9. The molecule has 1 aliphatic carbocycles. The fourth-order valence-electron chi connectivity index (χ4n) is 2.47. The first-order valence-corrected chi connectivity index (χ1v) is 6.81. The van der Waals surface area contributed by atoms with Crippen molar-refractivity contribution in [2.75, 3.05) is 26.8 Å². The minimum absolute atomic E-state index is 0.0228. The Bertz CT molecular complexity index is 292. The number of ether oxygens (including phenoxy) is 2. The number of carbonyl (C=O) groups excluding carboxylic acids is 1. The van der Waals surface area contributed by atoms with E-state index in [0.29, 0.717) is 6.54 Å². The van der Waals surface area contributed by atoms with Crippen LogP contribution in [0.5, 0.6) is 0 Å². The molecule has 1 heterocycles. The van der Waals surface area contributed by atoms with Crippen LogP contribution in [0.4, 0.5) is 0 Å². The molecule has 2 unspecified atom stereocenters. The third-order valence-corrected chi connectivity index (χ3v) is 4.09. The summed E-state index contributed by atoms with van der Waals surface area (Å²) in [5.41, 5.74) is 5.82. The first-order chi connectivity index (χ1) is 8.69. The molecule has 2 rings (SSSR count). The lowest BCUT2D eigenvalue weighted by atomic mass is 10.0. The second-order valence-electron chi connectivity index (χ2n) is 5.52. The van der Waals surface area contributed by atoms with Gasteiger partial charge in [-0.25, -0.2) is 0 Å². The van der Waals surface area contributed by atoms with Crippen molar-refractivity contribution in [1.82, 2.24) is 5.32 Å². The number of hydrogen-bond donors (Lipinski definition) is 2. The van der Waals surface area contributed by atoms with Crippen LogP contribution < -0.4 is 11.1 Å². The standard InChI is InChI=1S/C13H24N2O3/c1-17-7-6-13(4-5-13)9-15-12(16)11-3-2-10(8-14)18-11/h10-11H,2-9,14H2,1H3,(H,15,16). The summed E-state index contributed by atoms with van der Waals surface area (Å²) in [6, 6.07) is 0. The number of nitrogens with one attached hydrogen (secondary N) is 1. The first-order valence-electron chi connectivity index (χ1n) is 6.81. The van der Waals surface area contributed by atoms with Crippen molar-refractivity contribution in [3.05, 3.63) is 0 Å². The molecular formula is C13H24N2O3. The SMILES string of the molecule is COCCC1(CNC(=O)C2CCC(CN)O2)CC1. The van der Waals surface area contributed by atoms with E-state index < -0.39 is 0 Å². The number of amides is 1. The van der Waals surface area contributed by atoms with E-state index in [9.17, 15) is 4.79 Å². The fraction of sp³-hybridized carbons (Fsp3) is 0.923. The third kappa shape index (κ3) is 3.43. The highest BCUT2D eigenvalue weighted by Crippen LogP contribution is 2.48. The van der Waals surface area contributed by atoms with Crippen molar-refractivity contribution in [3.63, 3.8) is 0 Å². The molecule has 1 saturated carbocycles. The summed E-state index contributed by atoms with van der Waals surface area (Å²) < 4.78 is 10.7. The Hall–Kier alpha value is -0.650. The Kier molecular flexibility index (Phi) is 4.59. The van der Waals surface area contributed by atoms with Gasteiger partial charge in [-0.15, -0.1) is 0 Å². The van der Waals surface area contributed by atoms with Crippen LogP contribution in [0, 0.1) is 5.41 Å². The Morgan fingerprint density at radius 3 is 2.83 bits per heavy atom. The summed E-state index contributed by atoms with van der Waals surface area (Å²) in [7, 11) is 1.72. The van der Waals surface area contributed by atoms with Gasteiger partial charge >= 0.3 is 0 Å². The molecule has 104 valence electrons. The van der Waals surface area contributed by atoms with Gasteiger partial charge in [-0.05, 0) is 37.5 Å². The molecule has 2 aliphatic rings. The van der Waals surface area contributed by atoms with E-state index >= 15 is 0 Å². The topological polar surface area (TPSA) is 73.6 Å². The average molecular weight is 256 g/mol. The van der Waals surface area contributed by atoms with Gasteiger partial charge < -0.3 is 20.5 Å². The van der Waals surface area contributed by atoms with E-state index in [4.69, 9.17) is 15.2 Å². The molecule has 0 aromatic rings. The van der Waals surface area contributed by atoms with Crippen molar-refractivity contribution in [3.8, 4) is 0 Å². The predicted molar refractivity (Wildman–Crippen MR) is 68.1 cm³/mol. The van der Waals surface area contributed by atoms with Gasteiger partial charge in [0.1, 0.15) is 6.10 Å². The van der Waals surface area contributed by atoms with Crippen LogP contribution in [0.15, 0.2) is 0 Å². The van der Waals surface area contributed by atoms with Crippen molar-refractivity contribution in [1.29, 1.82) is 0 Å². The maximum atomic E-state index is 11.9. The maximum Gasteiger partial charge on any atom is 0.249 e. The number of methoxy groups -OCH3 is 1. The number of nitrogens with two attached hydrogens (primary N) is 1. The molecule has 2 atom stereocenters. The van der Waals surface area contributed by atoms with Crippen LogP contribution in [0.1, 0.15) is 32.1 Å². The van der Waals surface area contributed by atoms with E-state index in [2.05, 4.69) is 5.32 Å². The summed E-state index contributed by atoms with van der Waals surface area (Å²) in [6.45, 7) is 2.02. The molecule has 5 heteroatoms. The molecule has 18 heavy (non-hydrogen) atoms. The lowest BCUT2D eigenvalue weighted by Crippen LogP contribution is -2.38. The Balaban J connectivity index is 1.69. The van der Waals surface area contributed by atoms with Crippen LogP contribution in [0.25, 0.3) is 0 Å². The fourth-order valence-corrected chi connectivity index (χ4v) is 2.47. The second-order valence-corrected chi connectivity index (χ2v) is 5.52. The van der Waals surface area contributed by atoms with Gasteiger partial charge in [0.2, 0.25) is 5.91 Å². The lowest BCUT2D eigenvalue weighted by molar-refractivity contribution is -0.132. The normalized spacial score (nSPS) is 29.2. The van der Waals surface area contributed by atoms with Crippen LogP contribution in [0.2, 0.25) is 0 Å². The number of hydrogen-bond acceptors (Lipinski definition) is 4. The molecule has 1 saturated heterocycles. The molecule has 0 spiro atoms. The summed E-state index contributed by atoms with van der Waals surface area (Å²) in [5, 5.41) is 3.02. The molecule has 1 aliphatic heterocycles. The smallest absolute Gasteiger partial charge is 0.249 e.